The summed E-state index contributed by atoms with van der Waals surface area (Å²) in [6.07, 6.45) is 6.06. The summed E-state index contributed by atoms with van der Waals surface area (Å²) >= 11 is 1.86. The van der Waals surface area contributed by atoms with Crippen LogP contribution < -0.4 is 5.73 Å². The molecule has 5 heteroatoms. The number of piperidine rings is 2. The Morgan fingerprint density at radius 3 is 2.26 bits per heavy atom. The lowest BCUT2D eigenvalue weighted by Gasteiger charge is -2.41. The van der Waals surface area contributed by atoms with Crippen LogP contribution in [0.4, 0.5) is 5.69 Å². The summed E-state index contributed by atoms with van der Waals surface area (Å²) < 4.78 is 2.49. The first-order chi connectivity index (χ1) is 11.2. The smallest absolute Gasteiger partial charge is 0.0433 e. The summed E-state index contributed by atoms with van der Waals surface area (Å²) in [6.45, 7) is 5.12. The third kappa shape index (κ3) is 4.86. The van der Waals surface area contributed by atoms with Crippen molar-refractivity contribution in [3.05, 3.63) is 24.3 Å². The number of rotatable bonds is 5. The van der Waals surface area contributed by atoms with E-state index in [1.807, 2.05) is 24.1 Å². The molecular weight excluding hydrogens is 306 g/mol. The van der Waals surface area contributed by atoms with Crippen LogP contribution in [0.1, 0.15) is 32.1 Å². The van der Waals surface area contributed by atoms with E-state index in [0.717, 1.165) is 37.2 Å². The predicted octanol–water partition coefficient (Wildman–Crippen LogP) is 2.83. The van der Waals surface area contributed by atoms with Gasteiger partial charge in [0.2, 0.25) is 0 Å². The monoisotopic (exact) mass is 335 g/mol. The molecule has 0 amide bonds. The Morgan fingerprint density at radius 1 is 1.00 bits per heavy atom. The van der Waals surface area contributed by atoms with Crippen LogP contribution in [0.3, 0.4) is 0 Å². The van der Waals surface area contributed by atoms with Gasteiger partial charge in [-0.15, -0.1) is 0 Å². The van der Waals surface area contributed by atoms with Gasteiger partial charge in [0.05, 0.1) is 0 Å². The van der Waals surface area contributed by atoms with Crippen LogP contribution in [-0.4, -0.2) is 53.1 Å². The van der Waals surface area contributed by atoms with E-state index in [0.29, 0.717) is 6.61 Å². The van der Waals surface area contributed by atoms with E-state index in [4.69, 9.17) is 10.8 Å². The maximum Gasteiger partial charge on any atom is 0.0433 e. The highest BCUT2D eigenvalue weighted by Crippen LogP contribution is 2.30. The molecule has 0 aliphatic carbocycles. The second kappa shape index (κ2) is 8.38. The van der Waals surface area contributed by atoms with Crippen LogP contribution in [0.5, 0.6) is 0 Å². The predicted molar refractivity (Wildman–Crippen MR) is 97.3 cm³/mol. The van der Waals surface area contributed by atoms with Gasteiger partial charge in [0.15, 0.2) is 0 Å². The minimum atomic E-state index is 0.353. The largest absolute Gasteiger partial charge is 0.399 e. The minimum absolute atomic E-state index is 0.353. The fraction of sp³-hybridized carbons (Fsp3) is 0.667. The van der Waals surface area contributed by atoms with Gasteiger partial charge in [-0.25, -0.2) is 4.31 Å². The first kappa shape index (κ1) is 17.1. The molecule has 0 radical (unpaired) electrons. The van der Waals surface area contributed by atoms with E-state index < -0.39 is 0 Å². The van der Waals surface area contributed by atoms with Crippen LogP contribution in [0.2, 0.25) is 0 Å². The highest BCUT2D eigenvalue weighted by atomic mass is 32.2. The van der Waals surface area contributed by atoms with Crippen LogP contribution in [0.25, 0.3) is 0 Å². The summed E-state index contributed by atoms with van der Waals surface area (Å²) in [5, 5.41) is 9.07. The molecule has 3 N–H and O–H groups in total. The van der Waals surface area contributed by atoms with Crippen molar-refractivity contribution in [2.75, 3.05) is 38.5 Å². The molecule has 23 heavy (non-hydrogen) atoms. The Kier molecular flexibility index (Phi) is 6.22. The second-order valence-corrected chi connectivity index (χ2v) is 7.98. The summed E-state index contributed by atoms with van der Waals surface area (Å²) in [4.78, 5) is 3.97. The van der Waals surface area contributed by atoms with Crippen molar-refractivity contribution in [3.8, 4) is 0 Å². The Labute approximate surface area is 144 Å². The number of aliphatic hydroxyl groups is 1. The first-order valence-corrected chi connectivity index (χ1v) is 9.65. The molecule has 0 aromatic heterocycles. The van der Waals surface area contributed by atoms with Crippen LogP contribution in [0.15, 0.2) is 29.2 Å². The van der Waals surface area contributed by atoms with Crippen molar-refractivity contribution < 1.29 is 5.11 Å². The molecule has 4 nitrogen and oxygen atoms in total. The van der Waals surface area contributed by atoms with Gasteiger partial charge in [0.1, 0.15) is 0 Å². The fourth-order valence-corrected chi connectivity index (χ4v) is 4.72. The molecule has 2 aliphatic rings. The Balaban J connectivity index is 1.41. The fourth-order valence-electron chi connectivity index (χ4n) is 3.77. The van der Waals surface area contributed by atoms with Gasteiger partial charge in [-0.3, -0.25) is 0 Å². The number of likely N-dealkylation sites (tertiary alicyclic amines) is 1. The molecule has 0 spiro atoms. The molecule has 0 bridgehead atoms. The van der Waals surface area contributed by atoms with Gasteiger partial charge in [-0.1, -0.05) is 0 Å². The topological polar surface area (TPSA) is 52.7 Å². The number of nitrogens with zero attached hydrogens (tertiary/aromatic N) is 2. The molecule has 3 rings (SSSR count). The van der Waals surface area contributed by atoms with Crippen molar-refractivity contribution in [1.82, 2.24) is 9.21 Å². The minimum Gasteiger partial charge on any atom is -0.399 e. The van der Waals surface area contributed by atoms with Gasteiger partial charge in [0.25, 0.3) is 0 Å². The number of benzene rings is 1. The normalized spacial score (nSPS) is 22.5. The number of nitrogens with two attached hydrogens (primary N) is 1. The summed E-state index contributed by atoms with van der Waals surface area (Å²) in [6, 6.07) is 8.93. The Bertz CT molecular complexity index is 466. The van der Waals surface area contributed by atoms with Crippen LogP contribution in [0, 0.1) is 5.92 Å². The Morgan fingerprint density at radius 2 is 1.65 bits per heavy atom. The van der Waals surface area contributed by atoms with Gasteiger partial charge in [-0.2, -0.15) is 0 Å². The highest BCUT2D eigenvalue weighted by Gasteiger charge is 2.28. The third-order valence-electron chi connectivity index (χ3n) is 5.24. The Hall–Kier alpha value is -0.750. The molecule has 0 unspecified atom stereocenters. The van der Waals surface area contributed by atoms with E-state index in [-0.39, 0.29) is 0 Å². The van der Waals surface area contributed by atoms with Crippen molar-refractivity contribution in [2.24, 2.45) is 5.92 Å². The number of hydrogen-bond donors (Lipinski definition) is 2. The van der Waals surface area contributed by atoms with Crippen molar-refractivity contribution >= 4 is 17.6 Å². The zero-order valence-corrected chi connectivity index (χ0v) is 14.7. The molecule has 1 aromatic carbocycles. The second-order valence-electron chi connectivity index (χ2n) is 6.81. The number of aliphatic hydroxyl groups excluding tert-OH is 1. The van der Waals surface area contributed by atoms with E-state index in [1.165, 1.54) is 43.7 Å². The van der Waals surface area contributed by atoms with Crippen LogP contribution >= 0.6 is 11.9 Å². The quantitative estimate of drug-likeness (QED) is 0.640. The van der Waals surface area contributed by atoms with Crippen LogP contribution in [-0.2, 0) is 0 Å². The lowest BCUT2D eigenvalue weighted by Crippen LogP contribution is -2.46. The molecule has 2 aliphatic heterocycles. The molecule has 2 fully saturated rings. The van der Waals surface area contributed by atoms with E-state index in [1.54, 1.807) is 0 Å². The first-order valence-electron chi connectivity index (χ1n) is 8.88. The van der Waals surface area contributed by atoms with Gasteiger partial charge in [0, 0.05) is 36.3 Å². The summed E-state index contributed by atoms with van der Waals surface area (Å²) in [7, 11) is 0. The maximum atomic E-state index is 9.07. The summed E-state index contributed by atoms with van der Waals surface area (Å²) in [5.74, 6) is 0.748. The third-order valence-corrected chi connectivity index (χ3v) is 6.35. The SMILES string of the molecule is Nc1ccc(SN2CCC(N3CCC(CCO)CC3)CC2)cc1. The zero-order valence-electron chi connectivity index (χ0n) is 13.9. The van der Waals surface area contributed by atoms with E-state index >= 15 is 0 Å². The number of nitrogen functional groups attached to an aromatic ring is 1. The molecule has 2 heterocycles. The molecule has 0 atom stereocenters. The molecule has 1 aromatic rings. The lowest BCUT2D eigenvalue weighted by atomic mass is 9.92. The average molecular weight is 336 g/mol. The van der Waals surface area contributed by atoms with Gasteiger partial charge >= 0.3 is 0 Å². The standard InChI is InChI=1S/C18H29N3OS/c19-16-1-3-18(4-2-16)23-21-12-7-17(8-13-21)20-10-5-15(6-11-20)9-14-22/h1-4,15,17,22H,5-14,19H2. The van der Waals surface area contributed by atoms with Gasteiger partial charge < -0.3 is 15.7 Å². The van der Waals surface area contributed by atoms with Crippen molar-refractivity contribution in [2.45, 2.75) is 43.0 Å². The van der Waals surface area contributed by atoms with Crippen molar-refractivity contribution in [3.63, 3.8) is 0 Å². The van der Waals surface area contributed by atoms with Crippen molar-refractivity contribution in [1.29, 1.82) is 0 Å². The highest BCUT2D eigenvalue weighted by molar-refractivity contribution is 7.97. The van der Waals surface area contributed by atoms with E-state index in [2.05, 4.69) is 21.3 Å². The summed E-state index contributed by atoms with van der Waals surface area (Å²) in [5.41, 5.74) is 6.58. The molecule has 0 saturated carbocycles. The molecule has 128 valence electrons. The average Bonchev–Trinajstić information content (AvgIpc) is 2.59. The molecular formula is C18H29N3OS. The van der Waals surface area contributed by atoms with Gasteiger partial charge in [-0.05, 0) is 87.3 Å². The number of hydrogen-bond acceptors (Lipinski definition) is 5. The maximum absolute atomic E-state index is 9.07. The number of anilines is 1. The lowest BCUT2D eigenvalue weighted by molar-refractivity contribution is 0.0910. The molecule has 2 saturated heterocycles. The zero-order chi connectivity index (χ0) is 16.1. The van der Waals surface area contributed by atoms with E-state index in [9.17, 15) is 0 Å².